The van der Waals surface area contributed by atoms with E-state index in [1.165, 1.54) is 12.3 Å². The van der Waals surface area contributed by atoms with E-state index >= 15 is 0 Å². The van der Waals surface area contributed by atoms with Gasteiger partial charge in [0.05, 0.1) is 12.8 Å². The van der Waals surface area contributed by atoms with E-state index in [0.717, 1.165) is 25.6 Å². The van der Waals surface area contributed by atoms with E-state index in [1.807, 2.05) is 6.92 Å². The fourth-order valence-corrected chi connectivity index (χ4v) is 3.39. The highest BCUT2D eigenvalue weighted by Crippen LogP contribution is 2.25. The van der Waals surface area contributed by atoms with Crippen LogP contribution in [-0.2, 0) is 5.60 Å². The van der Waals surface area contributed by atoms with Crippen molar-refractivity contribution in [2.75, 3.05) is 37.6 Å². The molecule has 0 amide bonds. The second-order valence-corrected chi connectivity index (χ2v) is 7.53. The van der Waals surface area contributed by atoms with Crippen molar-refractivity contribution in [1.82, 2.24) is 10.6 Å². The molecule has 0 saturated carbocycles. The van der Waals surface area contributed by atoms with Gasteiger partial charge in [-0.25, -0.2) is 13.8 Å². The first-order valence-electron chi connectivity index (χ1n) is 9.87. The van der Waals surface area contributed by atoms with Gasteiger partial charge in [0.25, 0.3) is 0 Å². The van der Waals surface area contributed by atoms with Crippen molar-refractivity contribution in [2.45, 2.75) is 25.9 Å². The minimum absolute atomic E-state index is 0.154. The molecule has 8 heteroatoms. The Kier molecular flexibility index (Phi) is 6.74. The highest BCUT2D eigenvalue weighted by Gasteiger charge is 2.27. The first-order valence-corrected chi connectivity index (χ1v) is 9.87. The minimum atomic E-state index is -1.19. The van der Waals surface area contributed by atoms with E-state index in [9.17, 15) is 13.9 Å². The van der Waals surface area contributed by atoms with Crippen LogP contribution in [0, 0.1) is 17.6 Å². The summed E-state index contributed by atoms with van der Waals surface area (Å²) in [6, 6.07) is 7.47. The molecular weight excluding hydrogens is 378 g/mol. The predicted molar refractivity (Wildman–Crippen MR) is 109 cm³/mol. The van der Waals surface area contributed by atoms with Gasteiger partial charge in [0.15, 0.2) is 17.6 Å². The van der Waals surface area contributed by atoms with Crippen molar-refractivity contribution < 1.29 is 18.3 Å². The monoisotopic (exact) mass is 406 g/mol. The molecule has 3 rings (SSSR count). The Morgan fingerprint density at radius 2 is 2.14 bits per heavy atom. The van der Waals surface area contributed by atoms with Crippen LogP contribution in [0.4, 0.5) is 14.5 Å². The Morgan fingerprint density at radius 1 is 1.31 bits per heavy atom. The zero-order valence-corrected chi connectivity index (χ0v) is 16.8. The van der Waals surface area contributed by atoms with Crippen LogP contribution in [0.5, 0.6) is 0 Å². The summed E-state index contributed by atoms with van der Waals surface area (Å²) in [6.45, 7) is 6.72. The number of hydrogen-bond acceptors (Lipinski definition) is 4. The van der Waals surface area contributed by atoms with E-state index < -0.39 is 17.2 Å². The van der Waals surface area contributed by atoms with Gasteiger partial charge in [0, 0.05) is 37.9 Å². The number of benzene rings is 1. The summed E-state index contributed by atoms with van der Waals surface area (Å²) in [5.41, 5.74) is -0.496. The maximum atomic E-state index is 13.5. The molecule has 0 aliphatic carbocycles. The van der Waals surface area contributed by atoms with Crippen molar-refractivity contribution in [1.29, 1.82) is 0 Å². The van der Waals surface area contributed by atoms with Crippen molar-refractivity contribution in [3.63, 3.8) is 0 Å². The molecule has 1 aromatic heterocycles. The molecular formula is C21H28F2N4O2. The lowest BCUT2D eigenvalue weighted by Crippen LogP contribution is -2.41. The molecule has 2 atom stereocenters. The Bertz CT molecular complexity index is 824. The molecule has 0 bridgehead atoms. The zero-order chi connectivity index (χ0) is 20.9. The largest absolute Gasteiger partial charge is 0.466 e. The predicted octanol–water partition coefficient (Wildman–Crippen LogP) is 2.85. The third kappa shape index (κ3) is 5.47. The number of halogens is 2. The molecule has 1 aromatic carbocycles. The summed E-state index contributed by atoms with van der Waals surface area (Å²) in [7, 11) is 0. The standard InChI is InChI=1S/C21H28F2N4O2/c1-3-24-20(26-14-21(2,28)19-5-4-10-29-19)25-12-15-8-9-27(13-15)16-6-7-17(22)18(23)11-16/h4-7,10-11,15,28H,3,8-9,12-14H2,1-2H3,(H2,24,25,26). The summed E-state index contributed by atoms with van der Waals surface area (Å²) >= 11 is 0. The van der Waals surface area contributed by atoms with Gasteiger partial charge in [0.1, 0.15) is 11.4 Å². The SMILES string of the molecule is CCNC(=NCC(C)(O)c1ccco1)NCC1CCN(c2ccc(F)c(F)c2)C1. The molecule has 2 aromatic rings. The smallest absolute Gasteiger partial charge is 0.191 e. The van der Waals surface area contributed by atoms with Crippen molar-refractivity contribution in [3.8, 4) is 0 Å². The van der Waals surface area contributed by atoms with E-state index in [4.69, 9.17) is 4.42 Å². The molecule has 0 radical (unpaired) electrons. The van der Waals surface area contributed by atoms with Gasteiger partial charge in [-0.15, -0.1) is 0 Å². The molecule has 6 nitrogen and oxygen atoms in total. The Balaban J connectivity index is 1.54. The topological polar surface area (TPSA) is 73.0 Å². The van der Waals surface area contributed by atoms with Crippen molar-refractivity contribution in [3.05, 3.63) is 54.0 Å². The van der Waals surface area contributed by atoms with Gasteiger partial charge < -0.3 is 25.1 Å². The van der Waals surface area contributed by atoms with Crippen molar-refractivity contribution in [2.24, 2.45) is 10.9 Å². The number of nitrogens with zero attached hydrogens (tertiary/aromatic N) is 2. The average molecular weight is 406 g/mol. The summed E-state index contributed by atoms with van der Waals surface area (Å²) in [6.07, 6.45) is 2.46. The number of aliphatic hydroxyl groups is 1. The first kappa shape index (κ1) is 21.1. The van der Waals surface area contributed by atoms with E-state index in [2.05, 4.69) is 20.5 Å². The van der Waals surface area contributed by atoms with Crippen LogP contribution in [0.2, 0.25) is 0 Å². The summed E-state index contributed by atoms with van der Waals surface area (Å²) < 4.78 is 31.9. The molecule has 3 N–H and O–H groups in total. The number of rotatable bonds is 7. The number of furan rings is 1. The van der Waals surface area contributed by atoms with Crippen LogP contribution < -0.4 is 15.5 Å². The molecule has 1 saturated heterocycles. The number of hydrogen-bond donors (Lipinski definition) is 3. The summed E-state index contributed by atoms with van der Waals surface area (Å²) in [4.78, 5) is 6.54. The van der Waals surface area contributed by atoms with Gasteiger partial charge >= 0.3 is 0 Å². The molecule has 1 aliphatic heterocycles. The van der Waals surface area contributed by atoms with Crippen molar-refractivity contribution >= 4 is 11.6 Å². The van der Waals surface area contributed by atoms with Crippen LogP contribution in [-0.4, -0.2) is 43.8 Å². The molecule has 1 fully saturated rings. The van der Waals surface area contributed by atoms with Gasteiger partial charge in [0.2, 0.25) is 0 Å². The van der Waals surface area contributed by atoms with Crippen LogP contribution in [0.25, 0.3) is 0 Å². The number of guanidine groups is 1. The maximum absolute atomic E-state index is 13.5. The number of anilines is 1. The fourth-order valence-electron chi connectivity index (χ4n) is 3.39. The molecule has 2 unspecified atom stereocenters. The van der Waals surface area contributed by atoms with Gasteiger partial charge in [-0.05, 0) is 50.5 Å². The van der Waals surface area contributed by atoms with Gasteiger partial charge in [-0.1, -0.05) is 0 Å². The lowest BCUT2D eigenvalue weighted by Gasteiger charge is -2.21. The van der Waals surface area contributed by atoms with E-state index in [-0.39, 0.29) is 6.54 Å². The third-order valence-electron chi connectivity index (χ3n) is 5.05. The zero-order valence-electron chi connectivity index (χ0n) is 16.8. The molecule has 2 heterocycles. The number of aliphatic imine (C=N–C) groups is 1. The molecule has 158 valence electrons. The van der Waals surface area contributed by atoms with E-state index in [0.29, 0.717) is 36.4 Å². The second kappa shape index (κ2) is 9.26. The lowest BCUT2D eigenvalue weighted by atomic mass is 10.0. The first-order chi connectivity index (χ1) is 13.9. The van der Waals surface area contributed by atoms with Crippen LogP contribution in [0.15, 0.2) is 46.0 Å². The lowest BCUT2D eigenvalue weighted by molar-refractivity contribution is 0.0437. The van der Waals surface area contributed by atoms with Crippen LogP contribution in [0.3, 0.4) is 0 Å². The summed E-state index contributed by atoms with van der Waals surface area (Å²) in [5, 5.41) is 17.0. The normalized spacial score (nSPS) is 19.3. The Hall–Kier alpha value is -2.61. The van der Waals surface area contributed by atoms with Gasteiger partial charge in [-0.3, -0.25) is 0 Å². The molecule has 29 heavy (non-hydrogen) atoms. The minimum Gasteiger partial charge on any atom is -0.466 e. The van der Waals surface area contributed by atoms with E-state index in [1.54, 1.807) is 25.1 Å². The Labute approximate surface area is 169 Å². The highest BCUT2D eigenvalue weighted by molar-refractivity contribution is 5.79. The molecule has 0 spiro atoms. The average Bonchev–Trinajstić information content (AvgIpc) is 3.38. The highest BCUT2D eigenvalue weighted by atomic mass is 19.2. The number of nitrogens with one attached hydrogen (secondary N) is 2. The quantitative estimate of drug-likeness (QED) is 0.487. The maximum Gasteiger partial charge on any atom is 0.191 e. The fraction of sp³-hybridized carbons (Fsp3) is 0.476. The van der Waals surface area contributed by atoms with Crippen LogP contribution >= 0.6 is 0 Å². The third-order valence-corrected chi connectivity index (χ3v) is 5.05. The van der Waals surface area contributed by atoms with Gasteiger partial charge in [-0.2, -0.15) is 0 Å². The molecule has 1 aliphatic rings. The second-order valence-electron chi connectivity index (χ2n) is 7.53. The Morgan fingerprint density at radius 3 is 2.83 bits per heavy atom. The summed E-state index contributed by atoms with van der Waals surface area (Å²) in [5.74, 6) is -0.226. The van der Waals surface area contributed by atoms with Crippen LogP contribution in [0.1, 0.15) is 26.0 Å².